The summed E-state index contributed by atoms with van der Waals surface area (Å²) in [7, 11) is 1.00. The van der Waals surface area contributed by atoms with Gasteiger partial charge in [-0.25, -0.2) is 0 Å². The molecule has 1 unspecified atom stereocenters. The van der Waals surface area contributed by atoms with Crippen molar-refractivity contribution in [3.8, 4) is 0 Å². The molecular formula is C12H16F3NO2. The number of nitrogens with one attached hydrogen (secondary N) is 1. The summed E-state index contributed by atoms with van der Waals surface area (Å²) in [5.74, 6) is -2.04. The van der Waals surface area contributed by atoms with Crippen molar-refractivity contribution in [2.75, 3.05) is 13.7 Å². The van der Waals surface area contributed by atoms with Crippen molar-refractivity contribution in [3.63, 3.8) is 0 Å². The molecular weight excluding hydrogens is 247 g/mol. The Bertz CT molecular complexity index is 352. The summed E-state index contributed by atoms with van der Waals surface area (Å²) in [6.07, 6.45) is -4.81. The molecule has 1 rings (SSSR count). The summed E-state index contributed by atoms with van der Waals surface area (Å²) >= 11 is 0. The van der Waals surface area contributed by atoms with Crippen LogP contribution >= 0.6 is 0 Å². The van der Waals surface area contributed by atoms with Crippen LogP contribution in [0.1, 0.15) is 18.4 Å². The normalized spacial score (nSPS) is 12.1. The van der Waals surface area contributed by atoms with Gasteiger partial charge in [0.15, 0.2) is 0 Å². The average Bonchev–Trinajstić information content (AvgIpc) is 2.37. The maximum atomic E-state index is 11.9. The highest BCUT2D eigenvalue weighted by Gasteiger charge is 2.38. The fourth-order valence-electron chi connectivity index (χ4n) is 1.25. The average molecular weight is 263 g/mol. The summed E-state index contributed by atoms with van der Waals surface area (Å²) < 4.78 is 35.7. The van der Waals surface area contributed by atoms with E-state index < -0.39 is 12.1 Å². The second kappa shape index (κ2) is 7.71. The van der Waals surface area contributed by atoms with Crippen LogP contribution in [0.15, 0.2) is 30.3 Å². The molecule has 1 aromatic carbocycles. The van der Waals surface area contributed by atoms with Crippen molar-refractivity contribution < 1.29 is 23.1 Å². The van der Waals surface area contributed by atoms with Gasteiger partial charge in [0.2, 0.25) is 0 Å². The number of aliphatic hydroxyl groups is 1. The molecule has 102 valence electrons. The summed E-state index contributed by atoms with van der Waals surface area (Å²) in [6, 6.07) is 9.05. The number of rotatable bonds is 3. The lowest BCUT2D eigenvalue weighted by atomic mass is 10.0. The number of halogens is 3. The van der Waals surface area contributed by atoms with Crippen molar-refractivity contribution in [1.29, 1.82) is 0 Å². The minimum atomic E-state index is -4.81. The minimum Gasteiger partial charge on any atom is -0.400 e. The zero-order valence-electron chi connectivity index (χ0n) is 10.2. The van der Waals surface area contributed by atoms with Crippen LogP contribution in [0.4, 0.5) is 13.2 Å². The standard InChI is InChI=1S/C11H12F3NO.CH4O/c1-8(9-5-3-2-4-6-9)7-15-10(16)11(12,13)14;1-2/h2-6,8H,7H2,1H3,(H,15,16);2H,1H3. The number of benzene rings is 1. The van der Waals surface area contributed by atoms with Gasteiger partial charge in [0, 0.05) is 13.7 Å². The van der Waals surface area contributed by atoms with Gasteiger partial charge in [-0.1, -0.05) is 37.3 Å². The van der Waals surface area contributed by atoms with E-state index in [0.29, 0.717) is 0 Å². The van der Waals surface area contributed by atoms with E-state index in [-0.39, 0.29) is 12.5 Å². The Kier molecular flexibility index (Phi) is 7.04. The lowest BCUT2D eigenvalue weighted by Gasteiger charge is -2.13. The van der Waals surface area contributed by atoms with E-state index in [1.165, 1.54) is 0 Å². The first-order valence-electron chi connectivity index (χ1n) is 5.26. The van der Waals surface area contributed by atoms with E-state index >= 15 is 0 Å². The van der Waals surface area contributed by atoms with Gasteiger partial charge in [-0.3, -0.25) is 4.79 Å². The molecule has 0 radical (unpaired) electrons. The quantitative estimate of drug-likeness (QED) is 0.877. The molecule has 0 fully saturated rings. The number of hydrogen-bond donors (Lipinski definition) is 2. The molecule has 0 saturated carbocycles. The monoisotopic (exact) mass is 263 g/mol. The van der Waals surface area contributed by atoms with Crippen molar-refractivity contribution in [1.82, 2.24) is 5.32 Å². The largest absolute Gasteiger partial charge is 0.471 e. The van der Waals surface area contributed by atoms with Crippen LogP contribution in [-0.4, -0.2) is 30.8 Å². The highest BCUT2D eigenvalue weighted by Crippen LogP contribution is 2.16. The maximum Gasteiger partial charge on any atom is 0.471 e. The molecule has 0 bridgehead atoms. The number of aliphatic hydroxyl groups excluding tert-OH is 1. The van der Waals surface area contributed by atoms with Crippen molar-refractivity contribution in [2.24, 2.45) is 0 Å². The highest BCUT2D eigenvalue weighted by molar-refractivity contribution is 5.81. The van der Waals surface area contributed by atoms with E-state index in [9.17, 15) is 18.0 Å². The Morgan fingerprint density at radius 1 is 1.28 bits per heavy atom. The Hall–Kier alpha value is -1.56. The number of carbonyl (C=O) groups is 1. The van der Waals surface area contributed by atoms with Crippen LogP contribution in [-0.2, 0) is 4.79 Å². The van der Waals surface area contributed by atoms with Crippen LogP contribution in [0, 0.1) is 0 Å². The van der Waals surface area contributed by atoms with Crippen LogP contribution in [0.25, 0.3) is 0 Å². The molecule has 0 saturated heterocycles. The third-order valence-corrected chi connectivity index (χ3v) is 2.19. The molecule has 0 aliphatic heterocycles. The van der Waals surface area contributed by atoms with Gasteiger partial charge in [-0.15, -0.1) is 0 Å². The first-order valence-corrected chi connectivity index (χ1v) is 5.26. The molecule has 1 amide bonds. The second-order valence-corrected chi connectivity index (χ2v) is 3.52. The Labute approximate surface area is 104 Å². The predicted molar refractivity (Wildman–Crippen MR) is 62.1 cm³/mol. The molecule has 0 aliphatic rings. The highest BCUT2D eigenvalue weighted by atomic mass is 19.4. The van der Waals surface area contributed by atoms with Gasteiger partial charge >= 0.3 is 12.1 Å². The van der Waals surface area contributed by atoms with E-state index in [0.717, 1.165) is 12.7 Å². The van der Waals surface area contributed by atoms with Crippen LogP contribution < -0.4 is 5.32 Å². The topological polar surface area (TPSA) is 49.3 Å². The predicted octanol–water partition coefficient (Wildman–Crippen LogP) is 2.08. The van der Waals surface area contributed by atoms with Crippen molar-refractivity contribution >= 4 is 5.91 Å². The number of carbonyl (C=O) groups excluding carboxylic acids is 1. The molecule has 3 nitrogen and oxygen atoms in total. The van der Waals surface area contributed by atoms with E-state index in [1.54, 1.807) is 19.1 Å². The van der Waals surface area contributed by atoms with E-state index in [4.69, 9.17) is 5.11 Å². The molecule has 1 atom stereocenters. The first-order chi connectivity index (χ1) is 8.41. The fourth-order valence-corrected chi connectivity index (χ4v) is 1.25. The maximum absolute atomic E-state index is 11.9. The van der Waals surface area contributed by atoms with Crippen LogP contribution in [0.3, 0.4) is 0 Å². The van der Waals surface area contributed by atoms with Gasteiger partial charge in [0.1, 0.15) is 0 Å². The van der Waals surface area contributed by atoms with Crippen LogP contribution in [0.5, 0.6) is 0 Å². The molecule has 0 aliphatic carbocycles. The van der Waals surface area contributed by atoms with Crippen LogP contribution in [0.2, 0.25) is 0 Å². The third-order valence-electron chi connectivity index (χ3n) is 2.19. The smallest absolute Gasteiger partial charge is 0.400 e. The molecule has 0 aromatic heterocycles. The Morgan fingerprint density at radius 3 is 2.22 bits per heavy atom. The van der Waals surface area contributed by atoms with Gasteiger partial charge in [-0.2, -0.15) is 13.2 Å². The lowest BCUT2D eigenvalue weighted by Crippen LogP contribution is -2.38. The van der Waals surface area contributed by atoms with Gasteiger partial charge in [-0.05, 0) is 11.5 Å². The van der Waals surface area contributed by atoms with Crippen molar-refractivity contribution in [2.45, 2.75) is 19.0 Å². The third kappa shape index (κ3) is 5.67. The van der Waals surface area contributed by atoms with E-state index in [2.05, 4.69) is 0 Å². The molecule has 0 spiro atoms. The second-order valence-electron chi connectivity index (χ2n) is 3.52. The number of amides is 1. The number of hydrogen-bond acceptors (Lipinski definition) is 2. The Morgan fingerprint density at radius 2 is 1.78 bits per heavy atom. The SMILES string of the molecule is CC(CNC(=O)C(F)(F)F)c1ccccc1.CO. The molecule has 2 N–H and O–H groups in total. The summed E-state index contributed by atoms with van der Waals surface area (Å²) in [5.41, 5.74) is 0.893. The van der Waals surface area contributed by atoms with Gasteiger partial charge in [0.25, 0.3) is 0 Å². The molecule has 1 aromatic rings. The zero-order valence-corrected chi connectivity index (χ0v) is 10.2. The van der Waals surface area contributed by atoms with Gasteiger partial charge < -0.3 is 10.4 Å². The van der Waals surface area contributed by atoms with Gasteiger partial charge in [0.05, 0.1) is 0 Å². The molecule has 0 heterocycles. The molecule has 6 heteroatoms. The van der Waals surface area contributed by atoms with E-state index in [1.807, 2.05) is 23.5 Å². The lowest BCUT2D eigenvalue weighted by molar-refractivity contribution is -0.173. The zero-order chi connectivity index (χ0) is 14.2. The molecule has 18 heavy (non-hydrogen) atoms. The fraction of sp³-hybridized carbons (Fsp3) is 0.417. The summed E-state index contributed by atoms with van der Waals surface area (Å²) in [4.78, 5) is 10.6. The summed E-state index contributed by atoms with van der Waals surface area (Å²) in [6.45, 7) is 1.73. The minimum absolute atomic E-state index is 0.0254. The number of alkyl halides is 3. The van der Waals surface area contributed by atoms with Crippen molar-refractivity contribution in [3.05, 3.63) is 35.9 Å². The summed E-state index contributed by atoms with van der Waals surface area (Å²) in [5, 5.41) is 8.86. The first kappa shape index (κ1) is 16.4. The Balaban J connectivity index is 0.00000137.